The lowest BCUT2D eigenvalue weighted by molar-refractivity contribution is -0.143. The van der Waals surface area contributed by atoms with Crippen molar-refractivity contribution in [3.05, 3.63) is 12.2 Å². The van der Waals surface area contributed by atoms with E-state index < -0.39 is 12.1 Å². The zero-order chi connectivity index (χ0) is 11.2. The molecule has 4 heteroatoms. The first-order chi connectivity index (χ1) is 7.04. The monoisotopic (exact) mass is 209 g/mol. The predicted octanol–water partition coefficient (Wildman–Crippen LogP) is 0.317. The van der Waals surface area contributed by atoms with E-state index in [1.807, 2.05) is 6.08 Å². The van der Waals surface area contributed by atoms with Gasteiger partial charge in [0.1, 0.15) is 0 Å². The number of nitrogens with zero attached hydrogens (tertiary/aromatic N) is 1. The number of carbonyl (C=O) groups excluding carboxylic acids is 2. The summed E-state index contributed by atoms with van der Waals surface area (Å²) >= 11 is 0. The van der Waals surface area contributed by atoms with E-state index >= 15 is 0 Å². The molecule has 0 aromatic carbocycles. The minimum Gasteiger partial charge on any atom is -0.390 e. The van der Waals surface area contributed by atoms with Crippen molar-refractivity contribution in [3.8, 4) is 0 Å². The quantitative estimate of drug-likeness (QED) is 0.499. The molecule has 1 fully saturated rings. The first-order valence-electron chi connectivity index (χ1n) is 5.25. The molecule has 0 saturated carbocycles. The highest BCUT2D eigenvalue weighted by Gasteiger charge is 2.47. The smallest absolute Gasteiger partial charge is 0.233 e. The Kier molecular flexibility index (Phi) is 2.38. The highest BCUT2D eigenvalue weighted by atomic mass is 16.3. The van der Waals surface area contributed by atoms with Crippen molar-refractivity contribution >= 4 is 11.8 Å². The van der Waals surface area contributed by atoms with Crippen LogP contribution in [0, 0.1) is 11.8 Å². The maximum atomic E-state index is 11.8. The zero-order valence-corrected chi connectivity index (χ0v) is 8.88. The van der Waals surface area contributed by atoms with Crippen molar-refractivity contribution in [2.24, 2.45) is 11.8 Å². The van der Waals surface area contributed by atoms with Gasteiger partial charge in [-0.3, -0.25) is 14.5 Å². The first-order valence-corrected chi connectivity index (χ1v) is 5.25. The molecule has 2 aliphatic rings. The van der Waals surface area contributed by atoms with E-state index in [1.54, 1.807) is 19.9 Å². The lowest BCUT2D eigenvalue weighted by Gasteiger charge is -2.24. The summed E-state index contributed by atoms with van der Waals surface area (Å²) in [6, 6.07) is -0.447. The van der Waals surface area contributed by atoms with E-state index in [9.17, 15) is 14.7 Å². The second kappa shape index (κ2) is 3.45. The van der Waals surface area contributed by atoms with Crippen molar-refractivity contribution in [3.63, 3.8) is 0 Å². The van der Waals surface area contributed by atoms with Crippen LogP contribution in [0.2, 0.25) is 0 Å². The van der Waals surface area contributed by atoms with Crippen LogP contribution in [-0.2, 0) is 9.59 Å². The van der Waals surface area contributed by atoms with Gasteiger partial charge in [-0.05, 0) is 6.42 Å². The second-order valence-electron chi connectivity index (χ2n) is 4.35. The Morgan fingerprint density at radius 2 is 1.80 bits per heavy atom. The molecule has 4 atom stereocenters. The molecule has 82 valence electrons. The van der Waals surface area contributed by atoms with Gasteiger partial charge in [-0.1, -0.05) is 26.0 Å². The van der Waals surface area contributed by atoms with Gasteiger partial charge in [-0.2, -0.15) is 0 Å². The second-order valence-corrected chi connectivity index (χ2v) is 4.35. The highest BCUT2D eigenvalue weighted by molar-refractivity contribution is 6.05. The fourth-order valence-electron chi connectivity index (χ4n) is 2.15. The Morgan fingerprint density at radius 3 is 2.20 bits per heavy atom. The standard InChI is InChI=1S/C11H15NO3/c1-6-7(2)11(15)12(10(6)14)8-4-3-5-9(8)13/h3-4,6-9,13H,5H2,1-2H3/t6?,7?,8-,9-/m0/s1. The molecule has 0 spiro atoms. The van der Waals surface area contributed by atoms with E-state index in [2.05, 4.69) is 0 Å². The van der Waals surface area contributed by atoms with Crippen LogP contribution in [0.3, 0.4) is 0 Å². The maximum Gasteiger partial charge on any atom is 0.233 e. The summed E-state index contributed by atoms with van der Waals surface area (Å²) in [7, 11) is 0. The molecule has 0 aromatic rings. The molecule has 2 rings (SSSR count). The molecule has 15 heavy (non-hydrogen) atoms. The number of rotatable bonds is 1. The van der Waals surface area contributed by atoms with E-state index in [1.165, 1.54) is 4.90 Å². The third-order valence-corrected chi connectivity index (χ3v) is 3.41. The number of hydrogen-bond acceptors (Lipinski definition) is 3. The van der Waals surface area contributed by atoms with Crippen LogP contribution in [0.5, 0.6) is 0 Å². The number of aliphatic hydroxyl groups excluding tert-OH is 1. The third-order valence-electron chi connectivity index (χ3n) is 3.41. The molecular formula is C11H15NO3. The summed E-state index contributed by atoms with van der Waals surface area (Å²) in [5.41, 5.74) is 0. The molecule has 1 saturated heterocycles. The number of imide groups is 1. The van der Waals surface area contributed by atoms with Crippen LogP contribution in [0.4, 0.5) is 0 Å². The van der Waals surface area contributed by atoms with Gasteiger partial charge in [0.2, 0.25) is 11.8 Å². The molecule has 1 heterocycles. The van der Waals surface area contributed by atoms with Gasteiger partial charge in [0.15, 0.2) is 0 Å². The van der Waals surface area contributed by atoms with Crippen molar-refractivity contribution in [2.75, 3.05) is 0 Å². The lowest BCUT2D eigenvalue weighted by Crippen LogP contribution is -2.44. The molecular weight excluding hydrogens is 194 g/mol. The topological polar surface area (TPSA) is 57.6 Å². The molecule has 2 amide bonds. The Bertz CT molecular complexity index is 317. The largest absolute Gasteiger partial charge is 0.390 e. The normalized spacial score (nSPS) is 40.6. The number of likely N-dealkylation sites (tertiary alicyclic amines) is 1. The van der Waals surface area contributed by atoms with Gasteiger partial charge >= 0.3 is 0 Å². The minimum atomic E-state index is -0.629. The summed E-state index contributed by atoms with van der Waals surface area (Å²) in [6.07, 6.45) is 3.44. The molecule has 1 N–H and O–H groups in total. The molecule has 2 unspecified atom stereocenters. The van der Waals surface area contributed by atoms with Crippen LogP contribution in [0.15, 0.2) is 12.2 Å². The number of hydrogen-bond donors (Lipinski definition) is 1. The van der Waals surface area contributed by atoms with Gasteiger partial charge in [0, 0.05) is 11.8 Å². The Hall–Kier alpha value is -1.16. The lowest BCUT2D eigenvalue weighted by atomic mass is 10.00. The van der Waals surface area contributed by atoms with Crippen molar-refractivity contribution in [1.29, 1.82) is 0 Å². The molecule has 1 aliphatic heterocycles. The molecule has 0 aromatic heterocycles. The van der Waals surface area contributed by atoms with Gasteiger partial charge in [-0.25, -0.2) is 0 Å². The first kappa shape index (κ1) is 10.4. The predicted molar refractivity (Wildman–Crippen MR) is 53.7 cm³/mol. The van der Waals surface area contributed by atoms with Gasteiger partial charge in [0.05, 0.1) is 12.1 Å². The van der Waals surface area contributed by atoms with Crippen LogP contribution in [0.1, 0.15) is 20.3 Å². The van der Waals surface area contributed by atoms with E-state index in [-0.39, 0.29) is 23.7 Å². The Labute approximate surface area is 88.6 Å². The molecule has 0 radical (unpaired) electrons. The van der Waals surface area contributed by atoms with Crippen LogP contribution in [-0.4, -0.2) is 34.0 Å². The van der Waals surface area contributed by atoms with Gasteiger partial charge in [-0.15, -0.1) is 0 Å². The van der Waals surface area contributed by atoms with E-state index in [4.69, 9.17) is 0 Å². The molecule has 0 bridgehead atoms. The van der Waals surface area contributed by atoms with Crippen molar-refractivity contribution in [2.45, 2.75) is 32.4 Å². The molecule has 1 aliphatic carbocycles. The molecule has 4 nitrogen and oxygen atoms in total. The SMILES string of the molecule is CC1C(=O)N([C@H]2C=CC[C@@H]2O)C(=O)C1C. The Balaban J connectivity index is 2.26. The summed E-state index contributed by atoms with van der Waals surface area (Å²) in [6.45, 7) is 3.52. The summed E-state index contributed by atoms with van der Waals surface area (Å²) in [5.74, 6) is -0.858. The summed E-state index contributed by atoms with van der Waals surface area (Å²) in [5, 5.41) is 9.65. The van der Waals surface area contributed by atoms with Crippen LogP contribution in [0.25, 0.3) is 0 Å². The highest BCUT2D eigenvalue weighted by Crippen LogP contribution is 2.30. The minimum absolute atomic E-state index is 0.164. The fourth-order valence-corrected chi connectivity index (χ4v) is 2.15. The van der Waals surface area contributed by atoms with Gasteiger partial charge < -0.3 is 5.11 Å². The van der Waals surface area contributed by atoms with Crippen molar-refractivity contribution < 1.29 is 14.7 Å². The van der Waals surface area contributed by atoms with Crippen LogP contribution >= 0.6 is 0 Å². The van der Waals surface area contributed by atoms with E-state index in [0.29, 0.717) is 6.42 Å². The number of amides is 2. The van der Waals surface area contributed by atoms with Gasteiger partial charge in [0.25, 0.3) is 0 Å². The summed E-state index contributed by atoms with van der Waals surface area (Å²) < 4.78 is 0. The van der Waals surface area contributed by atoms with Crippen molar-refractivity contribution in [1.82, 2.24) is 4.90 Å². The van der Waals surface area contributed by atoms with Crippen LogP contribution < -0.4 is 0 Å². The Morgan fingerprint density at radius 1 is 1.27 bits per heavy atom. The zero-order valence-electron chi connectivity index (χ0n) is 8.88. The van der Waals surface area contributed by atoms with E-state index in [0.717, 1.165) is 0 Å². The maximum absolute atomic E-state index is 11.8. The number of carbonyl (C=O) groups is 2. The third kappa shape index (κ3) is 1.40. The average molecular weight is 209 g/mol. The fraction of sp³-hybridized carbons (Fsp3) is 0.636. The summed E-state index contributed by atoms with van der Waals surface area (Å²) in [4.78, 5) is 24.9. The average Bonchev–Trinajstić information content (AvgIpc) is 2.68. The number of aliphatic hydroxyl groups is 1.